The van der Waals surface area contributed by atoms with Gasteiger partial charge < -0.3 is 5.73 Å². The van der Waals surface area contributed by atoms with Crippen LogP contribution >= 0.6 is 0 Å². The third kappa shape index (κ3) is 5.16. The maximum absolute atomic E-state index is 12.2. The monoisotopic (exact) mass is 238 g/mol. The fourth-order valence-electron chi connectivity index (χ4n) is 2.36. The minimum atomic E-state index is -4.05. The zero-order valence-corrected chi connectivity index (χ0v) is 9.60. The molecule has 16 heavy (non-hydrogen) atoms. The minimum Gasteiger partial charge on any atom is -0.329 e. The lowest BCUT2D eigenvalue weighted by molar-refractivity contribution is -0.139. The van der Waals surface area contributed by atoms with Gasteiger partial charge >= 0.3 is 6.18 Å². The second kappa shape index (κ2) is 6.45. The van der Waals surface area contributed by atoms with E-state index in [1.165, 1.54) is 6.42 Å². The predicted octanol–water partition coefficient (Wildman–Crippen LogP) is 2.53. The summed E-state index contributed by atoms with van der Waals surface area (Å²) in [6.45, 7) is 1.13. The molecule has 0 radical (unpaired) electrons. The Bertz CT molecular complexity index is 188. The van der Waals surface area contributed by atoms with Gasteiger partial charge in [0.1, 0.15) is 0 Å². The number of rotatable bonds is 5. The standard InChI is InChI=1S/C11H21F3N2/c12-11(13,14)6-8-16(9-7-15)10-4-2-1-3-5-10/h10H,1-9,15H2. The van der Waals surface area contributed by atoms with Gasteiger partial charge in [-0.25, -0.2) is 0 Å². The van der Waals surface area contributed by atoms with E-state index in [9.17, 15) is 13.2 Å². The highest BCUT2D eigenvalue weighted by Crippen LogP contribution is 2.25. The third-order valence-corrected chi connectivity index (χ3v) is 3.19. The smallest absolute Gasteiger partial charge is 0.329 e. The average Bonchev–Trinajstić information content (AvgIpc) is 2.24. The molecule has 0 saturated heterocycles. The first-order valence-corrected chi connectivity index (χ1v) is 6.04. The summed E-state index contributed by atoms with van der Waals surface area (Å²) in [4.78, 5) is 1.92. The van der Waals surface area contributed by atoms with Gasteiger partial charge in [0.15, 0.2) is 0 Å². The summed E-state index contributed by atoms with van der Waals surface area (Å²) in [6.07, 6.45) is 0.766. The average molecular weight is 238 g/mol. The topological polar surface area (TPSA) is 29.3 Å². The number of hydrogen-bond acceptors (Lipinski definition) is 2. The SMILES string of the molecule is NCCN(CCC(F)(F)F)C1CCCCC1. The van der Waals surface area contributed by atoms with Crippen LogP contribution in [0.25, 0.3) is 0 Å². The summed E-state index contributed by atoms with van der Waals surface area (Å²) in [5.41, 5.74) is 5.45. The van der Waals surface area contributed by atoms with Crippen LogP contribution in [-0.4, -0.2) is 36.8 Å². The Morgan fingerprint density at radius 2 is 1.69 bits per heavy atom. The van der Waals surface area contributed by atoms with Crippen LogP contribution in [0.1, 0.15) is 38.5 Å². The van der Waals surface area contributed by atoms with Crippen LogP contribution in [-0.2, 0) is 0 Å². The van der Waals surface area contributed by atoms with E-state index in [2.05, 4.69) is 0 Å². The maximum atomic E-state index is 12.2. The van der Waals surface area contributed by atoms with Crippen molar-refractivity contribution in [2.75, 3.05) is 19.6 Å². The van der Waals surface area contributed by atoms with Gasteiger partial charge in [0.25, 0.3) is 0 Å². The number of hydrogen-bond donors (Lipinski definition) is 1. The molecular weight excluding hydrogens is 217 g/mol. The van der Waals surface area contributed by atoms with Crippen molar-refractivity contribution in [2.45, 2.75) is 50.7 Å². The Morgan fingerprint density at radius 1 is 1.06 bits per heavy atom. The molecule has 0 unspecified atom stereocenters. The first-order valence-electron chi connectivity index (χ1n) is 6.04. The molecule has 1 fully saturated rings. The minimum absolute atomic E-state index is 0.103. The molecule has 0 spiro atoms. The summed E-state index contributed by atoms with van der Waals surface area (Å²) in [5, 5.41) is 0. The van der Waals surface area contributed by atoms with Gasteiger partial charge in [0.2, 0.25) is 0 Å². The molecule has 0 heterocycles. The molecule has 1 saturated carbocycles. The second-order valence-corrected chi connectivity index (χ2v) is 4.48. The van der Waals surface area contributed by atoms with Crippen molar-refractivity contribution in [2.24, 2.45) is 5.73 Å². The molecule has 0 aromatic heterocycles. The Kier molecular flexibility index (Phi) is 5.55. The highest BCUT2D eigenvalue weighted by Gasteiger charge is 2.29. The van der Waals surface area contributed by atoms with Crippen LogP contribution in [0, 0.1) is 0 Å². The van der Waals surface area contributed by atoms with Crippen LogP contribution in [0.3, 0.4) is 0 Å². The van der Waals surface area contributed by atoms with E-state index in [1.54, 1.807) is 0 Å². The summed E-state index contributed by atoms with van der Waals surface area (Å²) in [6, 6.07) is 0.319. The van der Waals surface area contributed by atoms with Gasteiger partial charge in [-0.3, -0.25) is 4.90 Å². The molecule has 96 valence electrons. The van der Waals surface area contributed by atoms with Crippen molar-refractivity contribution in [3.63, 3.8) is 0 Å². The van der Waals surface area contributed by atoms with Crippen molar-refractivity contribution in [3.05, 3.63) is 0 Å². The number of nitrogens with two attached hydrogens (primary N) is 1. The molecule has 0 aliphatic heterocycles. The summed E-state index contributed by atoms with van der Waals surface area (Å²) >= 11 is 0. The van der Waals surface area contributed by atoms with Gasteiger partial charge in [-0.2, -0.15) is 13.2 Å². The summed E-state index contributed by atoms with van der Waals surface area (Å²) in [5.74, 6) is 0. The fraction of sp³-hybridized carbons (Fsp3) is 1.00. The Hall–Kier alpha value is -0.290. The van der Waals surface area contributed by atoms with E-state index in [1.807, 2.05) is 4.90 Å². The zero-order chi connectivity index (χ0) is 12.0. The van der Waals surface area contributed by atoms with Crippen molar-refractivity contribution >= 4 is 0 Å². The lowest BCUT2D eigenvalue weighted by Crippen LogP contribution is -2.41. The van der Waals surface area contributed by atoms with E-state index >= 15 is 0 Å². The van der Waals surface area contributed by atoms with Crippen LogP contribution in [0.4, 0.5) is 13.2 Å². The molecule has 0 bridgehead atoms. The Balaban J connectivity index is 2.39. The van der Waals surface area contributed by atoms with Crippen LogP contribution in [0.5, 0.6) is 0 Å². The molecule has 1 aliphatic carbocycles. The molecule has 1 rings (SSSR count). The molecular formula is C11H21F3N2. The van der Waals surface area contributed by atoms with Gasteiger partial charge in [-0.05, 0) is 12.8 Å². The van der Waals surface area contributed by atoms with E-state index < -0.39 is 12.6 Å². The molecule has 2 N–H and O–H groups in total. The van der Waals surface area contributed by atoms with Crippen molar-refractivity contribution in [1.82, 2.24) is 4.90 Å². The van der Waals surface area contributed by atoms with Crippen LogP contribution in [0.2, 0.25) is 0 Å². The Morgan fingerprint density at radius 3 is 2.19 bits per heavy atom. The van der Waals surface area contributed by atoms with E-state index in [-0.39, 0.29) is 6.54 Å². The lowest BCUT2D eigenvalue weighted by Gasteiger charge is -2.34. The maximum Gasteiger partial charge on any atom is 0.390 e. The number of halogens is 3. The van der Waals surface area contributed by atoms with Crippen LogP contribution in [0.15, 0.2) is 0 Å². The molecule has 0 atom stereocenters. The van der Waals surface area contributed by atoms with Crippen LogP contribution < -0.4 is 5.73 Å². The normalized spacial score (nSPS) is 19.3. The lowest BCUT2D eigenvalue weighted by atomic mass is 9.94. The number of alkyl halides is 3. The fourth-order valence-corrected chi connectivity index (χ4v) is 2.36. The van der Waals surface area contributed by atoms with E-state index in [4.69, 9.17) is 5.73 Å². The molecule has 0 aromatic rings. The molecule has 1 aliphatic rings. The van der Waals surface area contributed by atoms with Gasteiger partial charge in [0, 0.05) is 25.7 Å². The van der Waals surface area contributed by atoms with Gasteiger partial charge in [-0.1, -0.05) is 19.3 Å². The molecule has 0 aromatic carbocycles. The first-order chi connectivity index (χ1) is 7.53. The second-order valence-electron chi connectivity index (χ2n) is 4.48. The Labute approximate surface area is 95.0 Å². The highest BCUT2D eigenvalue weighted by atomic mass is 19.4. The third-order valence-electron chi connectivity index (χ3n) is 3.19. The molecule has 5 heteroatoms. The summed E-state index contributed by atoms with van der Waals surface area (Å²) < 4.78 is 36.5. The van der Waals surface area contributed by atoms with E-state index in [0.717, 1.165) is 25.7 Å². The van der Waals surface area contributed by atoms with Crippen molar-refractivity contribution < 1.29 is 13.2 Å². The highest BCUT2D eigenvalue weighted by molar-refractivity contribution is 4.76. The number of nitrogens with zero attached hydrogens (tertiary/aromatic N) is 1. The van der Waals surface area contributed by atoms with Crippen molar-refractivity contribution in [3.8, 4) is 0 Å². The van der Waals surface area contributed by atoms with Gasteiger partial charge in [-0.15, -0.1) is 0 Å². The van der Waals surface area contributed by atoms with Gasteiger partial charge in [0.05, 0.1) is 6.42 Å². The molecule has 2 nitrogen and oxygen atoms in total. The zero-order valence-electron chi connectivity index (χ0n) is 9.60. The predicted molar refractivity (Wildman–Crippen MR) is 58.2 cm³/mol. The quantitative estimate of drug-likeness (QED) is 0.797. The summed E-state index contributed by atoms with van der Waals surface area (Å²) in [7, 11) is 0. The van der Waals surface area contributed by atoms with E-state index in [0.29, 0.717) is 19.1 Å². The largest absolute Gasteiger partial charge is 0.390 e. The van der Waals surface area contributed by atoms with Crippen molar-refractivity contribution in [1.29, 1.82) is 0 Å². The molecule has 0 amide bonds. The first kappa shape index (κ1) is 13.8.